The molecule has 5 nitrogen and oxygen atoms in total. The van der Waals surface area contributed by atoms with Gasteiger partial charge in [-0.05, 0) is 46.0 Å². The lowest BCUT2D eigenvalue weighted by Crippen LogP contribution is -2.43. The summed E-state index contributed by atoms with van der Waals surface area (Å²) in [7, 11) is 0. The van der Waals surface area contributed by atoms with Crippen molar-refractivity contribution in [3.63, 3.8) is 0 Å². The van der Waals surface area contributed by atoms with Gasteiger partial charge in [-0.3, -0.25) is 4.79 Å². The molecular formula is C14H25NO4. The average Bonchev–Trinajstić information content (AvgIpc) is 2.28. The number of carbonyl (C=O) groups excluding carboxylic acids is 1. The second-order valence-corrected chi connectivity index (χ2v) is 6.16. The summed E-state index contributed by atoms with van der Waals surface area (Å²) in [6.07, 6.45) is 1.83. The van der Waals surface area contributed by atoms with E-state index in [0.717, 1.165) is 12.8 Å². The van der Waals surface area contributed by atoms with Gasteiger partial charge in [-0.15, -0.1) is 0 Å². The molecule has 1 fully saturated rings. The molecule has 0 aromatic rings. The summed E-state index contributed by atoms with van der Waals surface area (Å²) in [5.41, 5.74) is -0.485. The Bertz CT molecular complexity index is 327. The number of carboxylic acid groups (broad SMARTS) is 1. The SMILES string of the molecule is CCC(C(=O)O)C1CCN(C(=O)OC(C)(C)C)CC1. The molecule has 1 saturated heterocycles. The third kappa shape index (κ3) is 4.73. The van der Waals surface area contributed by atoms with Crippen LogP contribution < -0.4 is 0 Å². The molecule has 0 saturated carbocycles. The van der Waals surface area contributed by atoms with Gasteiger partial charge in [0.15, 0.2) is 0 Å². The van der Waals surface area contributed by atoms with Crippen LogP contribution >= 0.6 is 0 Å². The van der Waals surface area contributed by atoms with Crippen LogP contribution in [0, 0.1) is 11.8 Å². The van der Waals surface area contributed by atoms with E-state index in [1.54, 1.807) is 4.90 Å². The number of nitrogens with zero attached hydrogens (tertiary/aromatic N) is 1. The molecule has 5 heteroatoms. The van der Waals surface area contributed by atoms with E-state index < -0.39 is 11.6 Å². The van der Waals surface area contributed by atoms with Crippen molar-refractivity contribution in [1.29, 1.82) is 0 Å². The lowest BCUT2D eigenvalue weighted by Gasteiger charge is -2.35. The molecule has 0 aromatic carbocycles. The van der Waals surface area contributed by atoms with Gasteiger partial charge >= 0.3 is 12.1 Å². The first kappa shape index (κ1) is 15.8. The van der Waals surface area contributed by atoms with Crippen LogP contribution in [0.3, 0.4) is 0 Å². The highest BCUT2D eigenvalue weighted by Gasteiger charge is 2.32. The molecule has 1 atom stereocenters. The minimum Gasteiger partial charge on any atom is -0.481 e. The molecule has 1 amide bonds. The third-order valence-electron chi connectivity index (χ3n) is 3.52. The molecule has 1 aliphatic rings. The minimum absolute atomic E-state index is 0.168. The van der Waals surface area contributed by atoms with Gasteiger partial charge in [-0.25, -0.2) is 4.79 Å². The normalized spacial score (nSPS) is 19.1. The van der Waals surface area contributed by atoms with Gasteiger partial charge in [0.05, 0.1) is 5.92 Å². The number of amides is 1. The molecule has 1 N–H and O–H groups in total. The van der Waals surface area contributed by atoms with Gasteiger partial charge in [0.25, 0.3) is 0 Å². The van der Waals surface area contributed by atoms with E-state index in [2.05, 4.69) is 0 Å². The molecule has 1 unspecified atom stereocenters. The first-order chi connectivity index (χ1) is 8.74. The second-order valence-electron chi connectivity index (χ2n) is 6.16. The van der Waals surface area contributed by atoms with E-state index in [4.69, 9.17) is 9.84 Å². The van der Waals surface area contributed by atoms with Gasteiger partial charge in [0.2, 0.25) is 0 Å². The molecule has 0 radical (unpaired) electrons. The minimum atomic E-state index is -0.724. The van der Waals surface area contributed by atoms with Crippen LogP contribution in [0.5, 0.6) is 0 Å². The summed E-state index contributed by atoms with van der Waals surface area (Å²) < 4.78 is 5.32. The highest BCUT2D eigenvalue weighted by atomic mass is 16.6. The van der Waals surface area contributed by atoms with E-state index in [1.165, 1.54) is 0 Å². The highest BCUT2D eigenvalue weighted by molar-refractivity contribution is 5.70. The van der Waals surface area contributed by atoms with Gasteiger partial charge in [0.1, 0.15) is 5.60 Å². The smallest absolute Gasteiger partial charge is 0.410 e. The summed E-state index contributed by atoms with van der Waals surface area (Å²) in [6, 6.07) is 0. The Hall–Kier alpha value is -1.26. The molecule has 19 heavy (non-hydrogen) atoms. The molecule has 1 aliphatic heterocycles. The van der Waals surface area contributed by atoms with E-state index in [9.17, 15) is 9.59 Å². The van der Waals surface area contributed by atoms with Crippen LogP contribution in [0.25, 0.3) is 0 Å². The van der Waals surface area contributed by atoms with Crippen molar-refractivity contribution in [2.75, 3.05) is 13.1 Å². The molecule has 110 valence electrons. The quantitative estimate of drug-likeness (QED) is 0.857. The van der Waals surface area contributed by atoms with Crippen LogP contribution in [-0.2, 0) is 9.53 Å². The predicted molar refractivity (Wildman–Crippen MR) is 71.9 cm³/mol. The van der Waals surface area contributed by atoms with Gasteiger partial charge in [-0.2, -0.15) is 0 Å². The topological polar surface area (TPSA) is 66.8 Å². The molecule has 0 bridgehead atoms. The highest BCUT2D eigenvalue weighted by Crippen LogP contribution is 2.28. The largest absolute Gasteiger partial charge is 0.481 e. The third-order valence-corrected chi connectivity index (χ3v) is 3.52. The monoisotopic (exact) mass is 271 g/mol. The van der Waals surface area contributed by atoms with E-state index in [0.29, 0.717) is 19.5 Å². The van der Waals surface area contributed by atoms with E-state index in [-0.39, 0.29) is 17.9 Å². The Labute approximate surface area is 114 Å². The molecular weight excluding hydrogens is 246 g/mol. The van der Waals surface area contributed by atoms with Gasteiger partial charge in [0, 0.05) is 13.1 Å². The van der Waals surface area contributed by atoms with E-state index >= 15 is 0 Å². The molecule has 1 heterocycles. The fourth-order valence-corrected chi connectivity index (χ4v) is 2.52. The maximum absolute atomic E-state index is 11.9. The van der Waals surface area contributed by atoms with Crippen molar-refractivity contribution in [3.8, 4) is 0 Å². The molecule has 0 spiro atoms. The molecule has 0 aromatic heterocycles. The summed E-state index contributed by atoms with van der Waals surface area (Å²) in [5.74, 6) is -0.847. The fraction of sp³-hybridized carbons (Fsp3) is 0.857. The number of hydrogen-bond donors (Lipinski definition) is 1. The maximum Gasteiger partial charge on any atom is 0.410 e. The standard InChI is InChI=1S/C14H25NO4/c1-5-11(12(16)17)10-6-8-15(9-7-10)13(18)19-14(2,3)4/h10-11H,5-9H2,1-4H3,(H,16,17). The van der Waals surface area contributed by atoms with Crippen LogP contribution in [0.15, 0.2) is 0 Å². The number of ether oxygens (including phenoxy) is 1. The van der Waals surface area contributed by atoms with Gasteiger partial charge in [-0.1, -0.05) is 6.92 Å². The number of aliphatic carboxylic acids is 1. The number of carbonyl (C=O) groups is 2. The van der Waals surface area contributed by atoms with E-state index in [1.807, 2.05) is 27.7 Å². The number of likely N-dealkylation sites (tertiary alicyclic amines) is 1. The zero-order valence-corrected chi connectivity index (χ0v) is 12.3. The Balaban J connectivity index is 2.49. The maximum atomic E-state index is 11.9. The Morgan fingerprint density at radius 1 is 1.32 bits per heavy atom. The first-order valence-electron chi connectivity index (χ1n) is 6.95. The second kappa shape index (κ2) is 6.26. The van der Waals surface area contributed by atoms with Crippen molar-refractivity contribution in [3.05, 3.63) is 0 Å². The summed E-state index contributed by atoms with van der Waals surface area (Å²) in [4.78, 5) is 24.7. The molecule has 0 aliphatic carbocycles. The van der Waals surface area contributed by atoms with Crippen LogP contribution in [0.1, 0.15) is 47.0 Å². The van der Waals surface area contributed by atoms with Crippen molar-refractivity contribution in [2.45, 2.75) is 52.6 Å². The summed E-state index contributed by atoms with van der Waals surface area (Å²) >= 11 is 0. The Morgan fingerprint density at radius 3 is 2.21 bits per heavy atom. The number of rotatable bonds is 3. The number of carboxylic acids is 1. The predicted octanol–water partition coefficient (Wildman–Crippen LogP) is 2.74. The fourth-order valence-electron chi connectivity index (χ4n) is 2.52. The zero-order chi connectivity index (χ0) is 14.6. The summed E-state index contributed by atoms with van der Waals surface area (Å²) in [5, 5.41) is 9.15. The Morgan fingerprint density at radius 2 is 1.84 bits per heavy atom. The van der Waals surface area contributed by atoms with Crippen molar-refractivity contribution >= 4 is 12.1 Å². The van der Waals surface area contributed by atoms with Crippen LogP contribution in [0.4, 0.5) is 4.79 Å². The van der Waals surface area contributed by atoms with Gasteiger partial charge < -0.3 is 14.7 Å². The average molecular weight is 271 g/mol. The zero-order valence-electron chi connectivity index (χ0n) is 12.3. The first-order valence-corrected chi connectivity index (χ1v) is 6.95. The number of hydrogen-bond acceptors (Lipinski definition) is 3. The molecule has 1 rings (SSSR count). The lowest BCUT2D eigenvalue weighted by atomic mass is 9.83. The number of piperidine rings is 1. The van der Waals surface area contributed by atoms with Crippen molar-refractivity contribution in [2.24, 2.45) is 11.8 Å². The van der Waals surface area contributed by atoms with Crippen LogP contribution in [0.2, 0.25) is 0 Å². The van der Waals surface area contributed by atoms with Crippen LogP contribution in [-0.4, -0.2) is 40.8 Å². The summed E-state index contributed by atoms with van der Waals surface area (Å²) in [6.45, 7) is 8.60. The van der Waals surface area contributed by atoms with Crippen molar-refractivity contribution in [1.82, 2.24) is 4.90 Å². The lowest BCUT2D eigenvalue weighted by molar-refractivity contribution is -0.144. The van der Waals surface area contributed by atoms with Crippen molar-refractivity contribution < 1.29 is 19.4 Å². The Kier molecular flexibility index (Phi) is 5.20.